The van der Waals surface area contributed by atoms with Gasteiger partial charge in [0.1, 0.15) is 5.15 Å². The number of likely N-dealkylation sites (N-methyl/N-ethyl adjacent to an activating group) is 2. The highest BCUT2D eigenvalue weighted by atomic mass is 35.5. The molecule has 0 saturated carbocycles. The Bertz CT molecular complexity index is 883. The quantitative estimate of drug-likeness (QED) is 0.618. The number of hydrogen-bond donors (Lipinski definition) is 0. The predicted octanol–water partition coefficient (Wildman–Crippen LogP) is 3.54. The Hall–Kier alpha value is -2.60. The van der Waals surface area contributed by atoms with Crippen molar-refractivity contribution in [3.63, 3.8) is 0 Å². The third-order valence-corrected chi connectivity index (χ3v) is 5.22. The first kappa shape index (κ1) is 22.7. The van der Waals surface area contributed by atoms with Crippen LogP contribution in [0.25, 0.3) is 6.08 Å². The van der Waals surface area contributed by atoms with Crippen LogP contribution >= 0.6 is 11.6 Å². The number of hydrogen-bond acceptors (Lipinski definition) is 3. The third-order valence-electron chi connectivity index (χ3n) is 4.82. The fraction of sp³-hybridized carbons (Fsp3) is 0.409. The second-order valence-electron chi connectivity index (χ2n) is 7.03. The summed E-state index contributed by atoms with van der Waals surface area (Å²) in [5.41, 5.74) is 3.74. The summed E-state index contributed by atoms with van der Waals surface area (Å²) in [4.78, 5) is 27.7. The van der Waals surface area contributed by atoms with Gasteiger partial charge >= 0.3 is 0 Å². The maximum Gasteiger partial charge on any atom is 0.246 e. The summed E-state index contributed by atoms with van der Waals surface area (Å²) in [6.07, 6.45) is 3.10. The number of nitrogens with zero attached hydrogens (tertiary/aromatic N) is 4. The summed E-state index contributed by atoms with van der Waals surface area (Å²) in [7, 11) is 1.61. The van der Waals surface area contributed by atoms with Gasteiger partial charge in [0, 0.05) is 31.8 Å². The van der Waals surface area contributed by atoms with Gasteiger partial charge < -0.3 is 9.80 Å². The van der Waals surface area contributed by atoms with Gasteiger partial charge in [0.2, 0.25) is 11.8 Å². The molecule has 0 unspecified atom stereocenters. The molecule has 0 bridgehead atoms. The topological polar surface area (TPSA) is 58.4 Å². The summed E-state index contributed by atoms with van der Waals surface area (Å²) >= 11 is 6.50. The summed E-state index contributed by atoms with van der Waals surface area (Å²) in [5.74, 6) is -0.327. The molecule has 2 rings (SSSR count). The van der Waals surface area contributed by atoms with Crippen molar-refractivity contribution in [2.45, 2.75) is 34.2 Å². The number of amides is 2. The van der Waals surface area contributed by atoms with E-state index in [-0.39, 0.29) is 18.4 Å². The summed E-state index contributed by atoms with van der Waals surface area (Å²) < 4.78 is 1.72. The van der Waals surface area contributed by atoms with Crippen molar-refractivity contribution in [2.24, 2.45) is 0 Å². The minimum atomic E-state index is -0.257. The Morgan fingerprint density at radius 3 is 2.34 bits per heavy atom. The Labute approximate surface area is 177 Å². The molecule has 0 saturated heterocycles. The first-order chi connectivity index (χ1) is 13.8. The van der Waals surface area contributed by atoms with E-state index < -0.39 is 0 Å². The maximum absolute atomic E-state index is 12.4. The van der Waals surface area contributed by atoms with Gasteiger partial charge in [-0.25, -0.2) is 4.68 Å². The lowest BCUT2D eigenvalue weighted by molar-refractivity contribution is -0.136. The van der Waals surface area contributed by atoms with Crippen LogP contribution in [0.3, 0.4) is 0 Å². The van der Waals surface area contributed by atoms with Crippen LogP contribution in [0.4, 0.5) is 0 Å². The van der Waals surface area contributed by atoms with Crippen LogP contribution in [0.15, 0.2) is 30.3 Å². The van der Waals surface area contributed by atoms with Gasteiger partial charge in [-0.1, -0.05) is 41.4 Å². The van der Waals surface area contributed by atoms with Crippen molar-refractivity contribution in [1.82, 2.24) is 19.6 Å². The first-order valence-electron chi connectivity index (χ1n) is 9.76. The van der Waals surface area contributed by atoms with E-state index in [0.717, 1.165) is 11.3 Å². The Morgan fingerprint density at radius 2 is 1.76 bits per heavy atom. The molecule has 0 spiro atoms. The van der Waals surface area contributed by atoms with Crippen LogP contribution in [-0.4, -0.2) is 58.1 Å². The van der Waals surface area contributed by atoms with Gasteiger partial charge in [-0.2, -0.15) is 5.10 Å². The SMILES string of the molecule is CCN(CC)C(=O)CN(C)C(=O)/C=C/c1c(C)nn(Cc2ccc(C)cc2)c1Cl. The van der Waals surface area contributed by atoms with Crippen LogP contribution in [0, 0.1) is 13.8 Å². The van der Waals surface area contributed by atoms with Crippen molar-refractivity contribution in [2.75, 3.05) is 26.7 Å². The highest BCUT2D eigenvalue weighted by molar-refractivity contribution is 6.31. The molecular formula is C22H29ClN4O2. The van der Waals surface area contributed by atoms with E-state index in [0.29, 0.717) is 30.4 Å². The number of carbonyl (C=O) groups is 2. The molecule has 0 aliphatic carbocycles. The monoisotopic (exact) mass is 416 g/mol. The van der Waals surface area contributed by atoms with Gasteiger partial charge in [0.25, 0.3) is 0 Å². The second-order valence-corrected chi connectivity index (χ2v) is 7.38. The minimum absolute atomic E-state index is 0.0459. The number of aryl methyl sites for hydroxylation is 2. The van der Waals surface area contributed by atoms with Crippen molar-refractivity contribution in [3.05, 3.63) is 57.9 Å². The number of carbonyl (C=O) groups excluding carboxylic acids is 2. The average molecular weight is 417 g/mol. The molecule has 0 N–H and O–H groups in total. The fourth-order valence-corrected chi connectivity index (χ4v) is 3.26. The largest absolute Gasteiger partial charge is 0.342 e. The van der Waals surface area contributed by atoms with Gasteiger partial charge in [0.05, 0.1) is 18.8 Å². The molecule has 0 radical (unpaired) electrons. The average Bonchev–Trinajstić information content (AvgIpc) is 2.95. The zero-order valence-corrected chi connectivity index (χ0v) is 18.5. The van der Waals surface area contributed by atoms with E-state index in [9.17, 15) is 9.59 Å². The molecule has 1 aromatic carbocycles. The number of rotatable bonds is 8. The molecular weight excluding hydrogens is 388 g/mol. The van der Waals surface area contributed by atoms with Crippen LogP contribution in [0.1, 0.15) is 36.2 Å². The van der Waals surface area contributed by atoms with E-state index in [2.05, 4.69) is 17.2 Å². The molecule has 2 aromatic rings. The first-order valence-corrected chi connectivity index (χ1v) is 10.1. The Balaban J connectivity index is 2.08. The molecule has 156 valence electrons. The van der Waals surface area contributed by atoms with Gasteiger partial charge in [0.15, 0.2) is 0 Å². The Kier molecular flexibility index (Phi) is 8.02. The standard InChI is InChI=1S/C22H29ClN4O2/c1-6-26(7-2)21(29)15-25(5)20(28)13-12-19-17(4)24-27(22(19)23)14-18-10-8-16(3)9-11-18/h8-13H,6-7,14-15H2,1-5H3/b13-12+. The van der Waals surface area contributed by atoms with Crippen molar-refractivity contribution < 1.29 is 9.59 Å². The number of benzene rings is 1. The fourth-order valence-electron chi connectivity index (χ4n) is 2.97. The highest BCUT2D eigenvalue weighted by Crippen LogP contribution is 2.22. The second kappa shape index (κ2) is 10.3. The molecule has 0 aliphatic rings. The smallest absolute Gasteiger partial charge is 0.246 e. The van der Waals surface area contributed by atoms with E-state index in [1.807, 2.05) is 39.8 Å². The zero-order chi connectivity index (χ0) is 21.6. The minimum Gasteiger partial charge on any atom is -0.342 e. The number of aromatic nitrogens is 2. The number of halogens is 1. The normalized spacial score (nSPS) is 11.1. The predicted molar refractivity (Wildman–Crippen MR) is 117 cm³/mol. The lowest BCUT2D eigenvalue weighted by Gasteiger charge is -2.22. The van der Waals surface area contributed by atoms with Crippen LogP contribution in [0.2, 0.25) is 5.15 Å². The lowest BCUT2D eigenvalue weighted by atomic mass is 10.1. The van der Waals surface area contributed by atoms with E-state index in [1.165, 1.54) is 16.5 Å². The highest BCUT2D eigenvalue weighted by Gasteiger charge is 2.16. The molecule has 2 amide bonds. The summed E-state index contributed by atoms with van der Waals surface area (Å²) in [6, 6.07) is 8.19. The Morgan fingerprint density at radius 1 is 1.14 bits per heavy atom. The van der Waals surface area contributed by atoms with E-state index in [1.54, 1.807) is 22.7 Å². The van der Waals surface area contributed by atoms with Gasteiger partial charge in [-0.3, -0.25) is 9.59 Å². The van der Waals surface area contributed by atoms with Crippen LogP contribution in [0.5, 0.6) is 0 Å². The van der Waals surface area contributed by atoms with Crippen molar-refractivity contribution in [1.29, 1.82) is 0 Å². The van der Waals surface area contributed by atoms with Gasteiger partial charge in [-0.05, 0) is 39.3 Å². The third kappa shape index (κ3) is 5.94. The van der Waals surface area contributed by atoms with Crippen LogP contribution in [-0.2, 0) is 16.1 Å². The molecule has 0 aliphatic heterocycles. The molecule has 29 heavy (non-hydrogen) atoms. The van der Waals surface area contributed by atoms with Crippen LogP contribution < -0.4 is 0 Å². The molecule has 7 heteroatoms. The molecule has 0 atom stereocenters. The van der Waals surface area contributed by atoms with Crippen molar-refractivity contribution in [3.8, 4) is 0 Å². The maximum atomic E-state index is 12.4. The van der Waals surface area contributed by atoms with E-state index in [4.69, 9.17) is 11.6 Å². The van der Waals surface area contributed by atoms with Crippen molar-refractivity contribution >= 4 is 29.5 Å². The molecule has 1 heterocycles. The molecule has 1 aromatic heterocycles. The summed E-state index contributed by atoms with van der Waals surface area (Å²) in [6.45, 7) is 9.59. The molecule has 6 nitrogen and oxygen atoms in total. The summed E-state index contributed by atoms with van der Waals surface area (Å²) in [5, 5.41) is 4.97. The lowest BCUT2D eigenvalue weighted by Crippen LogP contribution is -2.40. The van der Waals surface area contributed by atoms with E-state index >= 15 is 0 Å². The zero-order valence-electron chi connectivity index (χ0n) is 17.8. The molecule has 0 fully saturated rings. The van der Waals surface area contributed by atoms with Gasteiger partial charge in [-0.15, -0.1) is 0 Å².